The van der Waals surface area contributed by atoms with Gasteiger partial charge in [0.25, 0.3) is 0 Å². The molecule has 0 N–H and O–H groups in total. The minimum atomic E-state index is -3.57. The van der Waals surface area contributed by atoms with Gasteiger partial charge in [0, 0.05) is 26.1 Å². The van der Waals surface area contributed by atoms with Crippen LogP contribution in [0.25, 0.3) is 0 Å². The monoisotopic (exact) mass is 422 g/mol. The van der Waals surface area contributed by atoms with Gasteiger partial charge < -0.3 is 4.90 Å². The first kappa shape index (κ1) is 21.4. The van der Waals surface area contributed by atoms with Gasteiger partial charge in [0.15, 0.2) is 11.6 Å². The van der Waals surface area contributed by atoms with Gasteiger partial charge >= 0.3 is 0 Å². The molecule has 3 rings (SSSR count). The van der Waals surface area contributed by atoms with Crippen LogP contribution in [-0.2, 0) is 14.8 Å². The van der Waals surface area contributed by atoms with E-state index >= 15 is 0 Å². The van der Waals surface area contributed by atoms with Gasteiger partial charge in [0.2, 0.25) is 15.9 Å². The summed E-state index contributed by atoms with van der Waals surface area (Å²) < 4.78 is 53.5. The minimum absolute atomic E-state index is 0.126. The van der Waals surface area contributed by atoms with Crippen LogP contribution in [0.4, 0.5) is 8.78 Å². The molecule has 1 amide bonds. The Morgan fingerprint density at radius 2 is 1.69 bits per heavy atom. The smallest absolute Gasteiger partial charge is 0.243 e. The number of halogens is 2. The Bertz CT molecular complexity index is 975. The van der Waals surface area contributed by atoms with Crippen molar-refractivity contribution in [1.29, 1.82) is 0 Å². The molecule has 0 aromatic heterocycles. The molecule has 0 radical (unpaired) electrons. The molecule has 0 bridgehead atoms. The number of sulfonamides is 1. The van der Waals surface area contributed by atoms with E-state index in [1.165, 1.54) is 15.3 Å². The first-order valence-electron chi connectivity index (χ1n) is 9.48. The molecule has 8 heteroatoms. The van der Waals surface area contributed by atoms with Gasteiger partial charge in [-0.15, -0.1) is 0 Å². The van der Waals surface area contributed by atoms with Crippen molar-refractivity contribution >= 4 is 15.9 Å². The Morgan fingerprint density at radius 1 is 1.07 bits per heavy atom. The molecule has 1 aliphatic heterocycles. The van der Waals surface area contributed by atoms with E-state index in [9.17, 15) is 22.0 Å². The van der Waals surface area contributed by atoms with Gasteiger partial charge in [0.1, 0.15) is 0 Å². The highest BCUT2D eigenvalue weighted by atomic mass is 32.2. The topological polar surface area (TPSA) is 57.7 Å². The second-order valence-electron chi connectivity index (χ2n) is 7.29. The fraction of sp³-hybridized carbons (Fsp3) is 0.381. The lowest BCUT2D eigenvalue weighted by Gasteiger charge is -2.34. The summed E-state index contributed by atoms with van der Waals surface area (Å²) in [5, 5.41) is 0. The number of hydrogen-bond acceptors (Lipinski definition) is 3. The molecule has 1 unspecified atom stereocenters. The average molecular weight is 422 g/mol. The summed E-state index contributed by atoms with van der Waals surface area (Å²) in [6.45, 7) is 2.28. The fourth-order valence-electron chi connectivity index (χ4n) is 3.56. The Labute approximate surface area is 170 Å². The van der Waals surface area contributed by atoms with Crippen molar-refractivity contribution in [3.63, 3.8) is 0 Å². The van der Waals surface area contributed by atoms with Gasteiger partial charge in [-0.05, 0) is 49.6 Å². The average Bonchev–Trinajstić information content (AvgIpc) is 2.74. The molecule has 1 atom stereocenters. The predicted octanol–water partition coefficient (Wildman–Crippen LogP) is 3.59. The van der Waals surface area contributed by atoms with Crippen LogP contribution in [-0.4, -0.2) is 43.7 Å². The van der Waals surface area contributed by atoms with Crippen molar-refractivity contribution in [2.45, 2.75) is 30.7 Å². The molecule has 0 saturated carbocycles. The lowest BCUT2D eigenvalue weighted by atomic mass is 9.95. The molecule has 29 heavy (non-hydrogen) atoms. The summed E-state index contributed by atoms with van der Waals surface area (Å²) in [5.74, 6) is -2.31. The zero-order chi connectivity index (χ0) is 21.2. The third kappa shape index (κ3) is 4.48. The minimum Gasteiger partial charge on any atom is -0.339 e. The van der Waals surface area contributed by atoms with Gasteiger partial charge in [0.05, 0.1) is 10.9 Å². The number of nitrogens with zero attached hydrogens (tertiary/aromatic N) is 2. The van der Waals surface area contributed by atoms with Crippen LogP contribution in [0.3, 0.4) is 0 Å². The second kappa shape index (κ2) is 8.59. The molecule has 1 heterocycles. The Morgan fingerprint density at radius 3 is 2.28 bits per heavy atom. The number of carbonyl (C=O) groups excluding carboxylic acids is 1. The molecule has 0 spiro atoms. The maximum absolute atomic E-state index is 13.5. The van der Waals surface area contributed by atoms with E-state index < -0.39 is 27.7 Å². The predicted molar refractivity (Wildman–Crippen MR) is 105 cm³/mol. The molecule has 2 aromatic rings. The standard InChI is InChI=1S/C21H24F2N2O3S/c1-15(17-8-9-19(22)20(23)14-17)24(2)21(26)16-10-12-25(13-11-16)29(27,28)18-6-4-3-5-7-18/h3-9,14-16H,10-13H2,1-2H3. The SMILES string of the molecule is CC(c1ccc(F)c(F)c1)N(C)C(=O)C1CCN(S(=O)(=O)c2ccccc2)CC1. The molecular weight excluding hydrogens is 398 g/mol. The van der Waals surface area contributed by atoms with E-state index in [0.717, 1.165) is 12.1 Å². The van der Waals surface area contributed by atoms with E-state index in [-0.39, 0.29) is 29.8 Å². The van der Waals surface area contributed by atoms with Crippen molar-refractivity contribution in [3.05, 3.63) is 65.7 Å². The lowest BCUT2D eigenvalue weighted by molar-refractivity contribution is -0.137. The van der Waals surface area contributed by atoms with Crippen LogP contribution in [0.15, 0.2) is 53.4 Å². The summed E-state index contributed by atoms with van der Waals surface area (Å²) in [5.41, 5.74) is 0.504. The molecule has 1 fully saturated rings. The van der Waals surface area contributed by atoms with Crippen LogP contribution in [0, 0.1) is 17.6 Å². The largest absolute Gasteiger partial charge is 0.339 e. The quantitative estimate of drug-likeness (QED) is 0.740. The summed E-state index contributed by atoms with van der Waals surface area (Å²) in [6, 6.07) is 11.4. The number of rotatable bonds is 5. The first-order chi connectivity index (χ1) is 13.7. The zero-order valence-electron chi connectivity index (χ0n) is 16.4. The Balaban J connectivity index is 1.64. The van der Waals surface area contributed by atoms with Crippen molar-refractivity contribution < 1.29 is 22.0 Å². The van der Waals surface area contributed by atoms with Crippen molar-refractivity contribution in [2.75, 3.05) is 20.1 Å². The maximum atomic E-state index is 13.5. The normalized spacial score (nSPS) is 17.1. The molecule has 5 nitrogen and oxygen atoms in total. The van der Waals surface area contributed by atoms with Gasteiger partial charge in [-0.3, -0.25) is 4.79 Å². The fourth-order valence-corrected chi connectivity index (χ4v) is 5.05. The van der Waals surface area contributed by atoms with Crippen molar-refractivity contribution in [1.82, 2.24) is 9.21 Å². The summed E-state index contributed by atoms with van der Waals surface area (Å²) in [6.07, 6.45) is 0.833. The van der Waals surface area contributed by atoms with Crippen LogP contribution in [0.1, 0.15) is 31.4 Å². The highest BCUT2D eigenvalue weighted by molar-refractivity contribution is 7.89. The summed E-state index contributed by atoms with van der Waals surface area (Å²) in [4.78, 5) is 14.6. The van der Waals surface area contributed by atoms with E-state index in [1.54, 1.807) is 44.3 Å². The molecule has 1 saturated heterocycles. The molecular formula is C21H24F2N2O3S. The number of hydrogen-bond donors (Lipinski definition) is 0. The molecule has 0 aliphatic carbocycles. The lowest BCUT2D eigenvalue weighted by Crippen LogP contribution is -2.43. The van der Waals surface area contributed by atoms with Crippen LogP contribution in [0.2, 0.25) is 0 Å². The number of benzene rings is 2. The molecule has 2 aromatic carbocycles. The summed E-state index contributed by atoms with van der Waals surface area (Å²) >= 11 is 0. The zero-order valence-corrected chi connectivity index (χ0v) is 17.2. The first-order valence-corrected chi connectivity index (χ1v) is 10.9. The molecule has 156 valence electrons. The van der Waals surface area contributed by atoms with E-state index in [0.29, 0.717) is 18.4 Å². The summed E-state index contributed by atoms with van der Waals surface area (Å²) in [7, 11) is -1.94. The van der Waals surface area contributed by atoms with Crippen molar-refractivity contribution in [2.24, 2.45) is 5.92 Å². The number of carbonyl (C=O) groups is 1. The van der Waals surface area contributed by atoms with Crippen LogP contribution >= 0.6 is 0 Å². The van der Waals surface area contributed by atoms with Gasteiger partial charge in [-0.25, -0.2) is 17.2 Å². The third-order valence-electron chi connectivity index (χ3n) is 5.54. The van der Waals surface area contributed by atoms with Crippen LogP contribution in [0.5, 0.6) is 0 Å². The van der Waals surface area contributed by atoms with E-state index in [4.69, 9.17) is 0 Å². The highest BCUT2D eigenvalue weighted by Gasteiger charge is 2.34. The van der Waals surface area contributed by atoms with E-state index in [1.807, 2.05) is 0 Å². The van der Waals surface area contributed by atoms with E-state index in [2.05, 4.69) is 0 Å². The maximum Gasteiger partial charge on any atom is 0.243 e. The Kier molecular flexibility index (Phi) is 6.33. The highest BCUT2D eigenvalue weighted by Crippen LogP contribution is 2.28. The van der Waals surface area contributed by atoms with Gasteiger partial charge in [-0.1, -0.05) is 24.3 Å². The van der Waals surface area contributed by atoms with Gasteiger partial charge in [-0.2, -0.15) is 4.31 Å². The number of amides is 1. The molecule has 1 aliphatic rings. The van der Waals surface area contributed by atoms with Crippen LogP contribution < -0.4 is 0 Å². The second-order valence-corrected chi connectivity index (χ2v) is 9.23. The third-order valence-corrected chi connectivity index (χ3v) is 7.45. The van der Waals surface area contributed by atoms with Crippen molar-refractivity contribution in [3.8, 4) is 0 Å². The number of piperidine rings is 1. The Hall–Kier alpha value is -2.32.